The number of carbonyl (C=O) groups excluding carboxylic acids is 4. The van der Waals surface area contributed by atoms with Crippen LogP contribution in [0.2, 0.25) is 0 Å². The zero-order valence-electron chi connectivity index (χ0n) is 33.1. The van der Waals surface area contributed by atoms with Crippen molar-refractivity contribution in [3.8, 4) is 11.5 Å². The molecule has 2 fully saturated rings. The first-order valence-electron chi connectivity index (χ1n) is 18.0. The van der Waals surface area contributed by atoms with Gasteiger partial charge < -0.3 is 27.5 Å². The fourth-order valence-electron chi connectivity index (χ4n) is 6.21. The van der Waals surface area contributed by atoms with Gasteiger partial charge in [0.05, 0.1) is 34.9 Å². The molecule has 2 unspecified atom stereocenters. The Balaban J connectivity index is 0.00000318. The number of amides is 2. The van der Waals surface area contributed by atoms with Gasteiger partial charge in [-0.25, -0.2) is 0 Å². The summed E-state index contributed by atoms with van der Waals surface area (Å²) in [6.07, 6.45) is 1.73. The first kappa shape index (κ1) is 45.8. The predicted molar refractivity (Wildman–Crippen MR) is 210 cm³/mol. The molecule has 4 rings (SSSR count). The Bertz CT molecular complexity index is 1520. The molecule has 12 heteroatoms. The van der Waals surface area contributed by atoms with Crippen molar-refractivity contribution in [1.82, 2.24) is 10.6 Å². The number of nitrogens with one attached hydrogen (secondary N) is 2. The van der Waals surface area contributed by atoms with Crippen LogP contribution in [0.15, 0.2) is 34.3 Å². The van der Waals surface area contributed by atoms with Crippen molar-refractivity contribution < 1.29 is 46.8 Å². The molecule has 2 aromatic rings. The zero-order chi connectivity index (χ0) is 38.9. The molecule has 0 radical (unpaired) electrons. The quantitative estimate of drug-likeness (QED) is 0.105. The summed E-state index contributed by atoms with van der Waals surface area (Å²) in [5.74, 6) is 1.28. The average Bonchev–Trinajstić information content (AvgIpc) is 3.75. The standard InChI is InChI=1S/C40H54N4O6.CH3.ClH.Pd/c1-21(2)29-15-27(49-19-35(45)33-11-13-37(47)43-33)16-30(22(3)4)39(29)41-25(9)26(10)42-40-31(23(5)6)17-28(18-32(40)24(7)8)50-20-36(46)34-12-14-38(48)44-34;;;/h15-18,21-24,33-34H,11-14,19-20H2,1-10H3,(H,43,47)(H,44,48);1H3;1H;/q;-1;;+2/p-1. The number of nitrogens with zero attached hydrogens (tertiary/aromatic N) is 2. The molecule has 2 heterocycles. The minimum atomic E-state index is -0.488. The summed E-state index contributed by atoms with van der Waals surface area (Å²) in [4.78, 5) is 59.0. The Labute approximate surface area is 331 Å². The summed E-state index contributed by atoms with van der Waals surface area (Å²) in [5.41, 5.74) is 7.37. The zero-order valence-corrected chi connectivity index (χ0v) is 35.4. The summed E-state index contributed by atoms with van der Waals surface area (Å²) in [6, 6.07) is 6.89. The molecular weight excluding hydrogens is 786 g/mol. The van der Waals surface area contributed by atoms with Crippen LogP contribution in [-0.4, -0.2) is 60.1 Å². The van der Waals surface area contributed by atoms with Crippen molar-refractivity contribution in [3.05, 3.63) is 53.9 Å². The van der Waals surface area contributed by atoms with Crippen molar-refractivity contribution in [2.75, 3.05) is 13.2 Å². The number of Topliss-reactive ketones (excluding diaryl/α,β-unsaturated/α-hetero) is 2. The van der Waals surface area contributed by atoms with Crippen LogP contribution < -0.4 is 20.1 Å². The summed E-state index contributed by atoms with van der Waals surface area (Å²) in [7, 11) is 4.49. The van der Waals surface area contributed by atoms with E-state index < -0.39 is 12.1 Å². The van der Waals surface area contributed by atoms with Gasteiger partial charge in [-0.1, -0.05) is 55.4 Å². The molecular formula is C41H57ClN4O6Pd. The monoisotopic (exact) mass is 842 g/mol. The van der Waals surface area contributed by atoms with E-state index in [1.165, 1.54) is 0 Å². The fourth-order valence-corrected chi connectivity index (χ4v) is 6.21. The summed E-state index contributed by atoms with van der Waals surface area (Å²) >= 11 is 2.22. The van der Waals surface area contributed by atoms with Crippen molar-refractivity contribution in [1.29, 1.82) is 0 Å². The van der Waals surface area contributed by atoms with Gasteiger partial charge in [-0.2, -0.15) is 0 Å². The van der Waals surface area contributed by atoms with Gasteiger partial charge in [0.25, 0.3) is 0 Å². The van der Waals surface area contributed by atoms with Crippen LogP contribution in [0, 0.1) is 7.43 Å². The van der Waals surface area contributed by atoms with Gasteiger partial charge in [-0.15, -0.1) is 0 Å². The van der Waals surface area contributed by atoms with Crippen LogP contribution in [0.4, 0.5) is 11.4 Å². The van der Waals surface area contributed by atoms with Crippen LogP contribution in [0.3, 0.4) is 0 Å². The van der Waals surface area contributed by atoms with Crippen LogP contribution in [0.5, 0.6) is 11.5 Å². The second-order valence-electron chi connectivity index (χ2n) is 14.7. The topological polar surface area (TPSA) is 136 Å². The first-order chi connectivity index (χ1) is 24.5. The van der Waals surface area contributed by atoms with E-state index in [0.717, 1.165) is 45.1 Å². The van der Waals surface area contributed by atoms with Gasteiger partial charge in [0.15, 0.2) is 11.6 Å². The number of halogens is 1. The molecule has 2 atom stereocenters. The molecule has 0 aliphatic carbocycles. The second kappa shape index (κ2) is 20.9. The average molecular weight is 844 g/mol. The van der Waals surface area contributed by atoms with E-state index in [4.69, 9.17) is 19.5 Å². The predicted octanol–water partition coefficient (Wildman–Crippen LogP) is 8.66. The van der Waals surface area contributed by atoms with E-state index in [-0.39, 0.29) is 67.7 Å². The molecule has 2 saturated heterocycles. The van der Waals surface area contributed by atoms with Gasteiger partial charge in [-0.3, -0.25) is 29.2 Å². The molecule has 10 nitrogen and oxygen atoms in total. The molecule has 53 heavy (non-hydrogen) atoms. The maximum atomic E-state index is 12.7. The Morgan fingerprint density at radius 1 is 0.660 bits per heavy atom. The minimum absolute atomic E-state index is 0. The summed E-state index contributed by atoms with van der Waals surface area (Å²) < 4.78 is 12.0. The van der Waals surface area contributed by atoms with Crippen molar-refractivity contribution in [2.24, 2.45) is 9.98 Å². The van der Waals surface area contributed by atoms with Crippen molar-refractivity contribution in [2.45, 2.75) is 131 Å². The molecule has 2 aromatic carbocycles. The van der Waals surface area contributed by atoms with Gasteiger partial charge in [0.1, 0.15) is 24.7 Å². The van der Waals surface area contributed by atoms with E-state index in [9.17, 15) is 19.2 Å². The van der Waals surface area contributed by atoms with Crippen LogP contribution in [0.25, 0.3) is 0 Å². The number of rotatable bonds is 15. The normalized spacial score (nSPS) is 17.5. The third-order valence-corrected chi connectivity index (χ3v) is 9.39. The van der Waals surface area contributed by atoms with Gasteiger partial charge in [0, 0.05) is 12.8 Å². The fraction of sp³-hybridized carbons (Fsp3) is 0.537. The van der Waals surface area contributed by atoms with Gasteiger partial charge in [-0.05, 0) is 96.9 Å². The van der Waals surface area contributed by atoms with E-state index in [1.807, 2.05) is 38.1 Å². The molecule has 0 saturated carbocycles. The van der Waals surface area contributed by atoms with Gasteiger partial charge in [0.2, 0.25) is 11.8 Å². The molecule has 0 bridgehead atoms. The summed E-state index contributed by atoms with van der Waals surface area (Å²) in [5, 5.41) is 5.44. The van der Waals surface area contributed by atoms with Crippen molar-refractivity contribution in [3.63, 3.8) is 0 Å². The van der Waals surface area contributed by atoms with E-state index in [0.29, 0.717) is 37.2 Å². The number of ether oxygens (including phenoxy) is 2. The Morgan fingerprint density at radius 3 is 1.17 bits per heavy atom. The van der Waals surface area contributed by atoms with Crippen molar-refractivity contribution >= 4 is 55.7 Å². The third kappa shape index (κ3) is 12.3. The molecule has 0 spiro atoms. The number of benzene rings is 2. The van der Waals surface area contributed by atoms with Gasteiger partial charge >= 0.3 is 27.7 Å². The summed E-state index contributed by atoms with van der Waals surface area (Å²) in [6.45, 7) is 20.6. The number of hydrogen-bond acceptors (Lipinski definition) is 8. The molecule has 2 aliphatic rings. The van der Waals surface area contributed by atoms with Crippen LogP contribution in [0.1, 0.15) is 141 Å². The van der Waals surface area contributed by atoms with Crippen LogP contribution >= 0.6 is 9.53 Å². The number of ketones is 2. The number of hydrogen-bond donors (Lipinski definition) is 2. The van der Waals surface area contributed by atoms with E-state index in [1.54, 1.807) is 0 Å². The van der Waals surface area contributed by atoms with Crippen LogP contribution in [-0.2, 0) is 37.4 Å². The Hall–Kier alpha value is -3.39. The Morgan fingerprint density at radius 2 is 0.943 bits per heavy atom. The molecule has 2 amide bonds. The second-order valence-corrected chi connectivity index (χ2v) is 14.7. The molecule has 2 N–H and O–H groups in total. The first-order valence-corrected chi connectivity index (χ1v) is 20.0. The Kier molecular flexibility index (Phi) is 18.0. The SMILES string of the molecule is CC(=Nc1c(C(C)C)cc(OCC(=O)C2CCC(=O)N2)cc1C(C)C)C(C)=Nc1c(C(C)C)cc(OCC(=O)C2CCC(=O)N2)cc1C(C)C.[CH3-].[Cl][Pd+]. The number of carbonyl (C=O) groups is 4. The van der Waals surface area contributed by atoms with E-state index >= 15 is 0 Å². The molecule has 0 aromatic heterocycles. The molecule has 2 aliphatic heterocycles. The van der Waals surface area contributed by atoms with E-state index in [2.05, 4.69) is 93.7 Å². The number of aliphatic imine (C=N–C) groups is 2. The maximum absolute atomic E-state index is 12.7. The third-order valence-electron chi connectivity index (χ3n) is 9.39. The molecule has 294 valence electrons.